The molecule has 1 aromatic carbocycles. The maximum Gasteiger partial charge on any atom is 0.511 e. The summed E-state index contributed by atoms with van der Waals surface area (Å²) < 4.78 is 4.68. The lowest BCUT2D eigenvalue weighted by molar-refractivity contribution is -0.284. The largest absolute Gasteiger partial charge is 0.511 e. The third kappa shape index (κ3) is 2.82. The van der Waals surface area contributed by atoms with E-state index in [1.165, 1.54) is 0 Å². The van der Waals surface area contributed by atoms with Gasteiger partial charge >= 0.3 is 6.09 Å². The number of amides is 1. The maximum absolute atomic E-state index is 10.3. The van der Waals surface area contributed by atoms with Crippen LogP contribution in [0.5, 0.6) is 0 Å². The summed E-state index contributed by atoms with van der Waals surface area (Å²) in [5.74, 6) is 0. The van der Waals surface area contributed by atoms with Gasteiger partial charge in [0.2, 0.25) is 0 Å². The van der Waals surface area contributed by atoms with Gasteiger partial charge in [-0.3, -0.25) is 5.73 Å². The molecule has 0 heterocycles. The molecule has 0 aliphatic carbocycles. The zero-order valence-electron chi connectivity index (χ0n) is 6.12. The molecule has 3 N–H and O–H groups in total. The van der Waals surface area contributed by atoms with Gasteiger partial charge in [0.15, 0.2) is 0 Å². The van der Waals surface area contributed by atoms with Gasteiger partial charge in [-0.2, -0.15) is 4.79 Å². The van der Waals surface area contributed by atoms with Crippen LogP contribution in [0.1, 0.15) is 5.56 Å². The van der Waals surface area contributed by atoms with E-state index in [1.54, 1.807) is 0 Å². The van der Waals surface area contributed by atoms with E-state index >= 15 is 0 Å². The van der Waals surface area contributed by atoms with Crippen LogP contribution in [-0.2, 0) is 11.3 Å². The fourth-order valence-corrected chi connectivity index (χ4v) is 0.738. The molecule has 1 aromatic rings. The predicted octanol–water partition coefficient (Wildman–Crippen LogP) is 0.565. The molecule has 3 heteroatoms. The van der Waals surface area contributed by atoms with Crippen molar-refractivity contribution in [3.05, 3.63) is 35.9 Å². The first-order valence-electron chi connectivity index (χ1n) is 3.31. The fraction of sp³-hybridized carbons (Fsp3) is 0.125. The minimum atomic E-state index is -0.492. The van der Waals surface area contributed by atoms with E-state index in [2.05, 4.69) is 10.5 Å². The lowest BCUT2D eigenvalue weighted by Crippen LogP contribution is -2.56. The maximum atomic E-state index is 10.3. The van der Waals surface area contributed by atoms with Crippen LogP contribution >= 0.6 is 0 Å². The lowest BCUT2D eigenvalue weighted by atomic mass is 10.2. The second-order valence-electron chi connectivity index (χ2n) is 2.15. The molecule has 11 heavy (non-hydrogen) atoms. The Labute approximate surface area is 64.8 Å². The summed E-state index contributed by atoms with van der Waals surface area (Å²) in [5, 5.41) is 0. The molecule has 0 radical (unpaired) electrons. The van der Waals surface area contributed by atoms with Crippen LogP contribution < -0.4 is 5.73 Å². The molecule has 1 amide bonds. The standard InChI is InChI=1S/C8H9NO2/c9-8(10)11-6-7-4-2-1-3-5-7/h1-5H,6H2,(H2,9,10)/p+1. The van der Waals surface area contributed by atoms with Crippen molar-refractivity contribution in [2.45, 2.75) is 6.61 Å². The van der Waals surface area contributed by atoms with E-state index in [0.717, 1.165) is 5.56 Å². The fourth-order valence-electron chi connectivity index (χ4n) is 0.738. The van der Waals surface area contributed by atoms with Gasteiger partial charge in [0, 0.05) is 0 Å². The Morgan fingerprint density at radius 3 is 2.55 bits per heavy atom. The van der Waals surface area contributed by atoms with E-state index in [-0.39, 0.29) is 0 Å². The van der Waals surface area contributed by atoms with Crippen molar-refractivity contribution in [1.29, 1.82) is 0 Å². The first kappa shape index (κ1) is 7.75. The van der Waals surface area contributed by atoms with Crippen LogP contribution in [0.2, 0.25) is 0 Å². The van der Waals surface area contributed by atoms with Crippen molar-refractivity contribution < 1.29 is 15.3 Å². The van der Waals surface area contributed by atoms with Gasteiger partial charge in [0.05, 0.1) is 0 Å². The van der Waals surface area contributed by atoms with Gasteiger partial charge in [-0.15, -0.1) is 0 Å². The highest BCUT2D eigenvalue weighted by molar-refractivity contribution is 5.54. The van der Waals surface area contributed by atoms with E-state index < -0.39 is 6.09 Å². The number of carbonyl (C=O) groups is 1. The molecule has 58 valence electrons. The molecule has 0 aromatic heterocycles. The van der Waals surface area contributed by atoms with Crippen molar-refractivity contribution >= 4 is 6.09 Å². The van der Waals surface area contributed by atoms with Crippen LogP contribution in [0.3, 0.4) is 0 Å². The summed E-state index contributed by atoms with van der Waals surface area (Å²) in [5.41, 5.74) is 4.07. The van der Waals surface area contributed by atoms with Crippen molar-refractivity contribution in [3.63, 3.8) is 0 Å². The highest BCUT2D eigenvalue weighted by Crippen LogP contribution is 1.99. The van der Waals surface area contributed by atoms with Crippen LogP contribution in [0.4, 0.5) is 4.79 Å². The van der Waals surface area contributed by atoms with Gasteiger partial charge in [-0.25, -0.2) is 0 Å². The molecular weight excluding hydrogens is 142 g/mol. The Morgan fingerprint density at radius 1 is 1.36 bits per heavy atom. The zero-order chi connectivity index (χ0) is 8.10. The van der Waals surface area contributed by atoms with E-state index in [4.69, 9.17) is 0 Å². The first-order chi connectivity index (χ1) is 5.29. The molecule has 0 saturated carbocycles. The van der Waals surface area contributed by atoms with Crippen LogP contribution in [0.25, 0.3) is 0 Å². The Hall–Kier alpha value is -1.35. The molecule has 0 aliphatic rings. The first-order valence-corrected chi connectivity index (χ1v) is 3.31. The van der Waals surface area contributed by atoms with E-state index in [9.17, 15) is 4.79 Å². The molecule has 0 spiro atoms. The summed E-state index contributed by atoms with van der Waals surface area (Å²) in [6.07, 6.45) is -0.492. The van der Waals surface area contributed by atoms with Crippen molar-refractivity contribution in [2.75, 3.05) is 0 Å². The van der Waals surface area contributed by atoms with E-state index in [1.807, 2.05) is 30.3 Å². The molecular formula is C8H10NO2+. The molecule has 1 rings (SSSR count). The minimum Gasteiger partial charge on any atom is -0.415 e. The number of carbonyl (C=O) groups excluding carboxylic acids is 1. The second-order valence-corrected chi connectivity index (χ2v) is 2.15. The quantitative estimate of drug-likeness (QED) is 0.673. The number of quaternary nitrogens is 1. The Bertz CT molecular complexity index is 233. The second kappa shape index (κ2) is 3.73. The molecule has 3 nitrogen and oxygen atoms in total. The molecule has 0 unspecified atom stereocenters. The highest BCUT2D eigenvalue weighted by Gasteiger charge is 1.97. The molecule has 0 bridgehead atoms. The number of hydrogen-bond acceptors (Lipinski definition) is 2. The predicted molar refractivity (Wildman–Crippen MR) is 39.5 cm³/mol. The topological polar surface area (TPSA) is 53.9 Å². The van der Waals surface area contributed by atoms with Crippen LogP contribution in [0, 0.1) is 0 Å². The van der Waals surface area contributed by atoms with E-state index in [0.29, 0.717) is 6.61 Å². The zero-order valence-corrected chi connectivity index (χ0v) is 6.12. The van der Waals surface area contributed by atoms with Crippen molar-refractivity contribution in [2.24, 2.45) is 0 Å². The summed E-state index contributed by atoms with van der Waals surface area (Å²) in [6.45, 7) is 0.309. The summed E-state index contributed by atoms with van der Waals surface area (Å²) in [6, 6.07) is 9.49. The molecule has 0 fully saturated rings. The van der Waals surface area contributed by atoms with Gasteiger partial charge in [-0.05, 0) is 5.56 Å². The summed E-state index contributed by atoms with van der Waals surface area (Å²) in [7, 11) is 0. The normalized spacial score (nSPS) is 9.18. The van der Waals surface area contributed by atoms with Gasteiger partial charge < -0.3 is 4.74 Å². The minimum absolute atomic E-state index is 0.309. The van der Waals surface area contributed by atoms with Crippen LogP contribution in [-0.4, -0.2) is 6.09 Å². The highest BCUT2D eigenvalue weighted by atomic mass is 16.5. The average molecular weight is 152 g/mol. The summed E-state index contributed by atoms with van der Waals surface area (Å²) in [4.78, 5) is 10.3. The third-order valence-corrected chi connectivity index (χ3v) is 1.24. The Morgan fingerprint density at radius 2 is 2.00 bits per heavy atom. The SMILES string of the molecule is [NH3+]C(=O)OCc1ccccc1. The van der Waals surface area contributed by atoms with Crippen molar-refractivity contribution in [1.82, 2.24) is 0 Å². The van der Waals surface area contributed by atoms with Gasteiger partial charge in [-0.1, -0.05) is 30.3 Å². The number of ether oxygens (including phenoxy) is 1. The Balaban J connectivity index is 2.45. The van der Waals surface area contributed by atoms with Crippen LogP contribution in [0.15, 0.2) is 30.3 Å². The van der Waals surface area contributed by atoms with Gasteiger partial charge in [0.25, 0.3) is 0 Å². The lowest BCUT2D eigenvalue weighted by Gasteiger charge is -1.97. The number of hydrogen-bond donors (Lipinski definition) is 1. The summed E-state index contributed by atoms with van der Waals surface area (Å²) >= 11 is 0. The smallest absolute Gasteiger partial charge is 0.415 e. The third-order valence-electron chi connectivity index (χ3n) is 1.24. The molecule has 0 aliphatic heterocycles. The number of benzene rings is 1. The molecule has 0 saturated heterocycles. The van der Waals surface area contributed by atoms with Crippen molar-refractivity contribution in [3.8, 4) is 0 Å². The monoisotopic (exact) mass is 152 g/mol. The van der Waals surface area contributed by atoms with Gasteiger partial charge in [0.1, 0.15) is 6.61 Å². The Kier molecular flexibility index (Phi) is 2.63. The molecule has 0 atom stereocenters. The number of rotatable bonds is 2. The average Bonchev–Trinajstić information content (AvgIpc) is 2.03.